The second-order valence-electron chi connectivity index (χ2n) is 6.22. The summed E-state index contributed by atoms with van der Waals surface area (Å²) < 4.78 is 28.3. The fourth-order valence-electron chi connectivity index (χ4n) is 3.07. The Morgan fingerprint density at radius 2 is 1.89 bits per heavy atom. The topological polar surface area (TPSA) is 50.2 Å². The van der Waals surface area contributed by atoms with E-state index >= 15 is 0 Å². The summed E-state index contributed by atoms with van der Waals surface area (Å²) in [6.07, 6.45) is 1.73. The molecule has 1 N–H and O–H groups in total. The van der Waals surface area contributed by atoms with Crippen molar-refractivity contribution in [3.8, 4) is 11.1 Å². The Labute approximate surface area is 159 Å². The van der Waals surface area contributed by atoms with Crippen LogP contribution in [-0.2, 0) is 13.1 Å². The van der Waals surface area contributed by atoms with Crippen molar-refractivity contribution in [2.24, 2.45) is 0 Å². The Morgan fingerprint density at radius 3 is 2.63 bits per heavy atom. The minimum Gasteiger partial charge on any atom is -0.317 e. The van der Waals surface area contributed by atoms with Crippen molar-refractivity contribution in [3.63, 3.8) is 0 Å². The van der Waals surface area contributed by atoms with Crippen LogP contribution in [0.15, 0.2) is 48.7 Å². The SMILES string of the molecule is O=C(Nc1ccc(F)c(Cl)c1)N1CCn2ncc(-c3ccc(F)cc3)c2C1. The Bertz CT molecular complexity index is 1000. The molecule has 0 bridgehead atoms. The number of amides is 2. The average Bonchev–Trinajstić information content (AvgIpc) is 3.08. The summed E-state index contributed by atoms with van der Waals surface area (Å²) in [5.74, 6) is -0.848. The molecule has 2 aromatic carbocycles. The second-order valence-corrected chi connectivity index (χ2v) is 6.62. The van der Waals surface area contributed by atoms with Crippen LogP contribution in [0.5, 0.6) is 0 Å². The van der Waals surface area contributed by atoms with Crippen LogP contribution in [0.25, 0.3) is 11.1 Å². The molecule has 0 saturated heterocycles. The molecular formula is C19H15ClF2N4O. The van der Waals surface area contributed by atoms with Crippen molar-refractivity contribution >= 4 is 23.3 Å². The maximum atomic E-state index is 13.3. The fourth-order valence-corrected chi connectivity index (χ4v) is 3.25. The van der Waals surface area contributed by atoms with E-state index in [1.54, 1.807) is 23.2 Å². The number of carbonyl (C=O) groups excluding carboxylic acids is 1. The first-order chi connectivity index (χ1) is 13.0. The largest absolute Gasteiger partial charge is 0.322 e. The van der Waals surface area contributed by atoms with Gasteiger partial charge >= 0.3 is 6.03 Å². The summed E-state index contributed by atoms with van der Waals surface area (Å²) >= 11 is 5.76. The number of halogens is 3. The lowest BCUT2D eigenvalue weighted by Gasteiger charge is -2.28. The maximum Gasteiger partial charge on any atom is 0.322 e. The average molecular weight is 389 g/mol. The third-order valence-electron chi connectivity index (χ3n) is 4.48. The number of hydrogen-bond acceptors (Lipinski definition) is 2. The highest BCUT2D eigenvalue weighted by Crippen LogP contribution is 2.27. The Hall–Kier alpha value is -2.93. The number of aromatic nitrogens is 2. The predicted molar refractivity (Wildman–Crippen MR) is 98.5 cm³/mol. The molecule has 8 heteroatoms. The molecule has 2 amide bonds. The molecule has 4 rings (SSSR count). The summed E-state index contributed by atoms with van der Waals surface area (Å²) in [4.78, 5) is 14.2. The highest BCUT2D eigenvalue weighted by Gasteiger charge is 2.24. The minimum absolute atomic E-state index is 0.0527. The van der Waals surface area contributed by atoms with Gasteiger partial charge in [0.25, 0.3) is 0 Å². The molecule has 0 saturated carbocycles. The lowest BCUT2D eigenvalue weighted by Crippen LogP contribution is -2.41. The van der Waals surface area contributed by atoms with Crippen LogP contribution >= 0.6 is 11.6 Å². The van der Waals surface area contributed by atoms with Gasteiger partial charge in [-0.05, 0) is 35.9 Å². The van der Waals surface area contributed by atoms with Gasteiger partial charge in [0.2, 0.25) is 0 Å². The zero-order valence-corrected chi connectivity index (χ0v) is 14.9. The molecule has 27 heavy (non-hydrogen) atoms. The first-order valence-corrected chi connectivity index (χ1v) is 8.70. The predicted octanol–water partition coefficient (Wildman–Crippen LogP) is 4.53. The van der Waals surface area contributed by atoms with Crippen LogP contribution in [0.1, 0.15) is 5.69 Å². The van der Waals surface area contributed by atoms with Crippen LogP contribution in [-0.4, -0.2) is 27.3 Å². The van der Waals surface area contributed by atoms with E-state index in [9.17, 15) is 13.6 Å². The summed E-state index contributed by atoms with van der Waals surface area (Å²) in [5.41, 5.74) is 2.99. The monoisotopic (exact) mass is 388 g/mol. The standard InChI is InChI=1S/C19H15ClF2N4O/c20-16-9-14(5-6-17(16)22)24-19(27)25-7-8-26-18(11-25)15(10-23-26)12-1-3-13(21)4-2-12/h1-6,9-10H,7-8,11H2,(H,24,27). The number of nitrogens with one attached hydrogen (secondary N) is 1. The number of urea groups is 1. The number of hydrogen-bond donors (Lipinski definition) is 1. The number of fused-ring (bicyclic) bond motifs is 1. The van der Waals surface area contributed by atoms with Crippen LogP contribution in [0.4, 0.5) is 19.3 Å². The molecule has 0 fully saturated rings. The Kier molecular flexibility index (Phi) is 4.53. The van der Waals surface area contributed by atoms with Crippen LogP contribution in [0.3, 0.4) is 0 Å². The van der Waals surface area contributed by atoms with Gasteiger partial charge in [0, 0.05) is 17.8 Å². The fraction of sp³-hybridized carbons (Fsp3) is 0.158. The molecule has 5 nitrogen and oxygen atoms in total. The first-order valence-electron chi connectivity index (χ1n) is 8.33. The Balaban J connectivity index is 1.53. The second kappa shape index (κ2) is 7.00. The molecule has 3 aromatic rings. The van der Waals surface area contributed by atoms with Crippen molar-refractivity contribution in [2.75, 3.05) is 11.9 Å². The quantitative estimate of drug-likeness (QED) is 0.701. The molecular weight excluding hydrogens is 374 g/mol. The van der Waals surface area contributed by atoms with E-state index in [1.807, 2.05) is 4.68 Å². The van der Waals surface area contributed by atoms with E-state index < -0.39 is 5.82 Å². The van der Waals surface area contributed by atoms with Crippen molar-refractivity contribution < 1.29 is 13.6 Å². The number of rotatable bonds is 2. The van der Waals surface area contributed by atoms with Gasteiger partial charge < -0.3 is 10.2 Å². The smallest absolute Gasteiger partial charge is 0.317 e. The van der Waals surface area contributed by atoms with Gasteiger partial charge in [-0.3, -0.25) is 4.68 Å². The number of carbonyl (C=O) groups is 1. The van der Waals surface area contributed by atoms with E-state index in [1.165, 1.54) is 30.3 Å². The lowest BCUT2D eigenvalue weighted by molar-refractivity contribution is 0.194. The zero-order valence-electron chi connectivity index (χ0n) is 14.1. The van der Waals surface area contributed by atoms with E-state index in [-0.39, 0.29) is 16.9 Å². The third-order valence-corrected chi connectivity index (χ3v) is 4.77. The minimum atomic E-state index is -0.541. The first kappa shape index (κ1) is 17.5. The molecule has 138 valence electrons. The van der Waals surface area contributed by atoms with Crippen molar-refractivity contribution in [1.82, 2.24) is 14.7 Å². The van der Waals surface area contributed by atoms with Crippen LogP contribution in [0, 0.1) is 11.6 Å². The van der Waals surface area contributed by atoms with Crippen LogP contribution < -0.4 is 5.32 Å². The number of nitrogens with zero attached hydrogens (tertiary/aromatic N) is 3. The number of benzene rings is 2. The summed E-state index contributed by atoms with van der Waals surface area (Å²) in [6.45, 7) is 1.39. The van der Waals surface area contributed by atoms with Crippen molar-refractivity contribution in [1.29, 1.82) is 0 Å². The molecule has 2 heterocycles. The Morgan fingerprint density at radius 1 is 1.11 bits per heavy atom. The molecule has 0 aliphatic carbocycles. The normalized spacial score (nSPS) is 13.4. The van der Waals surface area contributed by atoms with Crippen LogP contribution in [0.2, 0.25) is 5.02 Å². The van der Waals surface area contributed by atoms with Crippen molar-refractivity contribution in [2.45, 2.75) is 13.1 Å². The molecule has 1 aromatic heterocycles. The van der Waals surface area contributed by atoms with E-state index in [2.05, 4.69) is 10.4 Å². The lowest BCUT2D eigenvalue weighted by atomic mass is 10.1. The van der Waals surface area contributed by atoms with Gasteiger partial charge in [0.1, 0.15) is 11.6 Å². The van der Waals surface area contributed by atoms with Gasteiger partial charge in [-0.1, -0.05) is 23.7 Å². The van der Waals surface area contributed by atoms with Gasteiger partial charge in [-0.15, -0.1) is 0 Å². The van der Waals surface area contributed by atoms with Crippen molar-refractivity contribution in [3.05, 3.63) is 71.0 Å². The molecule has 1 aliphatic heterocycles. The number of anilines is 1. The molecule has 0 radical (unpaired) electrons. The van der Waals surface area contributed by atoms with E-state index in [0.29, 0.717) is 25.3 Å². The summed E-state index contributed by atoms with van der Waals surface area (Å²) in [5, 5.41) is 7.03. The highest BCUT2D eigenvalue weighted by atomic mass is 35.5. The van der Waals surface area contributed by atoms with Gasteiger partial charge in [-0.25, -0.2) is 13.6 Å². The van der Waals surface area contributed by atoms with Gasteiger partial charge in [0.05, 0.1) is 30.0 Å². The molecule has 0 unspecified atom stereocenters. The molecule has 0 atom stereocenters. The van der Waals surface area contributed by atoms with E-state index in [0.717, 1.165) is 16.8 Å². The van der Waals surface area contributed by atoms with E-state index in [4.69, 9.17) is 11.6 Å². The summed E-state index contributed by atoms with van der Waals surface area (Å²) in [6, 6.07) is 9.88. The molecule has 1 aliphatic rings. The third kappa shape index (κ3) is 3.50. The van der Waals surface area contributed by atoms with Gasteiger partial charge in [-0.2, -0.15) is 5.10 Å². The van der Waals surface area contributed by atoms with Gasteiger partial charge in [0.15, 0.2) is 0 Å². The molecule has 0 spiro atoms. The highest BCUT2D eigenvalue weighted by molar-refractivity contribution is 6.31. The maximum absolute atomic E-state index is 13.3. The zero-order chi connectivity index (χ0) is 19.0. The summed E-state index contributed by atoms with van der Waals surface area (Å²) in [7, 11) is 0.